The Morgan fingerprint density at radius 2 is 1.12 bits per heavy atom. The van der Waals surface area contributed by atoms with E-state index in [2.05, 4.69) is 0 Å². The van der Waals surface area contributed by atoms with E-state index in [1.807, 2.05) is 38.1 Å². The Kier molecular flexibility index (Phi) is 4.84. The summed E-state index contributed by atoms with van der Waals surface area (Å²) >= 11 is 0. The summed E-state index contributed by atoms with van der Waals surface area (Å²) in [7, 11) is 3.37. The van der Waals surface area contributed by atoms with Crippen molar-refractivity contribution in [2.45, 2.75) is 26.7 Å². The van der Waals surface area contributed by atoms with Crippen LogP contribution in [0.4, 0.5) is 0 Å². The van der Waals surface area contributed by atoms with Crippen molar-refractivity contribution in [1.82, 2.24) is 0 Å². The second-order valence-corrected chi connectivity index (χ2v) is 6.04. The Bertz CT molecular complexity index is 673. The summed E-state index contributed by atoms with van der Waals surface area (Å²) in [5.41, 5.74) is 4.03. The van der Waals surface area contributed by atoms with Crippen LogP contribution in [0, 0.1) is 13.8 Å². The Balaban J connectivity index is 2.24. The maximum atomic E-state index is 6.05. The fourth-order valence-corrected chi connectivity index (χ4v) is 2.99. The van der Waals surface area contributed by atoms with E-state index < -0.39 is 0 Å². The van der Waals surface area contributed by atoms with Gasteiger partial charge in [0.05, 0.1) is 27.4 Å². The van der Waals surface area contributed by atoms with Gasteiger partial charge >= 0.3 is 0 Å². The molecule has 0 amide bonds. The van der Waals surface area contributed by atoms with Crippen molar-refractivity contribution in [1.29, 1.82) is 0 Å². The Morgan fingerprint density at radius 3 is 1.50 bits per heavy atom. The summed E-state index contributed by atoms with van der Waals surface area (Å²) in [5, 5.41) is 0. The van der Waals surface area contributed by atoms with Gasteiger partial charge in [0.2, 0.25) is 0 Å². The highest BCUT2D eigenvalue weighted by Gasteiger charge is 2.18. The molecule has 0 spiro atoms. The summed E-state index contributed by atoms with van der Waals surface area (Å²) in [6, 6.07) is 8.10. The molecule has 0 bridgehead atoms. The molecule has 0 aromatic heterocycles. The summed E-state index contributed by atoms with van der Waals surface area (Å²) in [6.45, 7) is 5.41. The minimum atomic E-state index is 0.681. The van der Waals surface area contributed by atoms with E-state index in [4.69, 9.17) is 18.9 Å². The SMILES string of the molecule is COc1cc2c(cc1C)OCCCCOc1cc(C)c(OC)cc1-2. The fraction of sp³-hybridized carbons (Fsp3) is 0.400. The van der Waals surface area contributed by atoms with E-state index in [1.54, 1.807) is 14.2 Å². The number of aryl methyl sites for hydroxylation is 2. The Morgan fingerprint density at radius 1 is 0.708 bits per heavy atom. The molecule has 1 aliphatic heterocycles. The van der Waals surface area contributed by atoms with Gasteiger partial charge in [0.25, 0.3) is 0 Å². The first-order valence-electron chi connectivity index (χ1n) is 8.27. The van der Waals surface area contributed by atoms with Gasteiger partial charge in [0.15, 0.2) is 0 Å². The lowest BCUT2D eigenvalue weighted by Gasteiger charge is -2.21. The molecule has 0 radical (unpaired) electrons. The number of methoxy groups -OCH3 is 2. The molecular weight excluding hydrogens is 304 g/mol. The third-order valence-corrected chi connectivity index (χ3v) is 4.34. The van der Waals surface area contributed by atoms with Gasteiger partial charge in [0, 0.05) is 11.1 Å². The molecule has 0 unspecified atom stereocenters. The maximum absolute atomic E-state index is 6.05. The Hall–Kier alpha value is -2.36. The first-order chi connectivity index (χ1) is 11.6. The number of rotatable bonds is 2. The van der Waals surface area contributed by atoms with Crippen LogP contribution < -0.4 is 18.9 Å². The second kappa shape index (κ2) is 7.04. The van der Waals surface area contributed by atoms with E-state index in [0.717, 1.165) is 58.1 Å². The van der Waals surface area contributed by atoms with Crippen molar-refractivity contribution in [3.63, 3.8) is 0 Å². The van der Waals surface area contributed by atoms with Gasteiger partial charge in [0.1, 0.15) is 23.0 Å². The molecule has 4 heteroatoms. The van der Waals surface area contributed by atoms with Gasteiger partial charge < -0.3 is 18.9 Å². The molecule has 4 nitrogen and oxygen atoms in total. The van der Waals surface area contributed by atoms with Crippen molar-refractivity contribution >= 4 is 0 Å². The summed E-state index contributed by atoms with van der Waals surface area (Å²) < 4.78 is 23.1. The van der Waals surface area contributed by atoms with Crippen LogP contribution >= 0.6 is 0 Å². The van der Waals surface area contributed by atoms with Crippen LogP contribution in [0.2, 0.25) is 0 Å². The van der Waals surface area contributed by atoms with Crippen molar-refractivity contribution in [2.24, 2.45) is 0 Å². The summed E-state index contributed by atoms with van der Waals surface area (Å²) in [4.78, 5) is 0. The van der Waals surface area contributed by atoms with Crippen molar-refractivity contribution in [3.8, 4) is 34.1 Å². The second-order valence-electron chi connectivity index (χ2n) is 6.04. The first kappa shape index (κ1) is 16.5. The maximum Gasteiger partial charge on any atom is 0.127 e. The molecule has 1 aliphatic rings. The number of benzene rings is 2. The van der Waals surface area contributed by atoms with Gasteiger partial charge in [-0.1, -0.05) is 0 Å². The smallest absolute Gasteiger partial charge is 0.127 e. The number of ether oxygens (including phenoxy) is 4. The third-order valence-electron chi connectivity index (χ3n) is 4.34. The molecule has 3 rings (SSSR count). The van der Waals surface area contributed by atoms with E-state index in [9.17, 15) is 0 Å². The molecule has 0 saturated carbocycles. The molecule has 128 valence electrons. The predicted octanol–water partition coefficient (Wildman–Crippen LogP) is 4.54. The minimum absolute atomic E-state index is 0.681. The monoisotopic (exact) mass is 328 g/mol. The Labute approximate surface area is 143 Å². The van der Waals surface area contributed by atoms with Crippen molar-refractivity contribution in [2.75, 3.05) is 27.4 Å². The van der Waals surface area contributed by atoms with Gasteiger partial charge in [-0.25, -0.2) is 0 Å². The van der Waals surface area contributed by atoms with Crippen LogP contribution in [0.25, 0.3) is 11.1 Å². The predicted molar refractivity (Wildman–Crippen MR) is 94.7 cm³/mol. The minimum Gasteiger partial charge on any atom is -0.496 e. The average Bonchev–Trinajstić information content (AvgIpc) is 2.58. The quantitative estimate of drug-likeness (QED) is 0.811. The molecule has 2 aromatic carbocycles. The number of fused-ring (bicyclic) bond motifs is 3. The standard InChI is InChI=1S/C20H24O4/c1-13-9-19-15(11-17(13)21-3)16-12-18(22-4)14(2)10-20(16)24-8-6-5-7-23-19/h9-12H,5-8H2,1-4H3. The van der Waals surface area contributed by atoms with Crippen LogP contribution in [-0.2, 0) is 0 Å². The summed E-state index contributed by atoms with van der Waals surface area (Å²) in [5.74, 6) is 3.37. The van der Waals surface area contributed by atoms with Gasteiger partial charge in [-0.2, -0.15) is 0 Å². The lowest BCUT2D eigenvalue weighted by molar-refractivity contribution is 0.263. The molecule has 0 N–H and O–H groups in total. The normalized spacial score (nSPS) is 13.8. The van der Waals surface area contributed by atoms with Crippen LogP contribution in [0.3, 0.4) is 0 Å². The largest absolute Gasteiger partial charge is 0.496 e. The van der Waals surface area contributed by atoms with Crippen molar-refractivity contribution in [3.05, 3.63) is 35.4 Å². The van der Waals surface area contributed by atoms with E-state index in [1.165, 1.54) is 0 Å². The highest BCUT2D eigenvalue weighted by Crippen LogP contribution is 2.43. The summed E-state index contributed by atoms with van der Waals surface area (Å²) in [6.07, 6.45) is 1.93. The van der Waals surface area contributed by atoms with Crippen LogP contribution in [0.1, 0.15) is 24.0 Å². The highest BCUT2D eigenvalue weighted by atomic mass is 16.5. The lowest BCUT2D eigenvalue weighted by atomic mass is 9.99. The zero-order valence-electron chi connectivity index (χ0n) is 14.8. The molecule has 2 aromatic rings. The van der Waals surface area contributed by atoms with E-state index in [0.29, 0.717) is 13.2 Å². The van der Waals surface area contributed by atoms with Crippen LogP contribution in [-0.4, -0.2) is 27.4 Å². The third kappa shape index (κ3) is 3.14. The molecule has 0 atom stereocenters. The molecule has 0 fully saturated rings. The van der Waals surface area contributed by atoms with Crippen LogP contribution in [0.15, 0.2) is 24.3 Å². The van der Waals surface area contributed by atoms with E-state index >= 15 is 0 Å². The topological polar surface area (TPSA) is 36.9 Å². The number of hydrogen-bond donors (Lipinski definition) is 0. The van der Waals surface area contributed by atoms with Crippen LogP contribution in [0.5, 0.6) is 23.0 Å². The molecule has 1 heterocycles. The molecule has 24 heavy (non-hydrogen) atoms. The molecule has 0 saturated heterocycles. The fourth-order valence-electron chi connectivity index (χ4n) is 2.99. The lowest BCUT2D eigenvalue weighted by Crippen LogP contribution is -2.07. The van der Waals surface area contributed by atoms with Gasteiger partial charge in [-0.3, -0.25) is 0 Å². The van der Waals surface area contributed by atoms with Crippen molar-refractivity contribution < 1.29 is 18.9 Å². The number of hydrogen-bond acceptors (Lipinski definition) is 4. The van der Waals surface area contributed by atoms with Gasteiger partial charge in [-0.05, 0) is 62.1 Å². The first-order valence-corrected chi connectivity index (χ1v) is 8.27. The molecule has 0 aliphatic carbocycles. The zero-order chi connectivity index (χ0) is 17.1. The van der Waals surface area contributed by atoms with Gasteiger partial charge in [-0.15, -0.1) is 0 Å². The highest BCUT2D eigenvalue weighted by molar-refractivity contribution is 5.79. The molecular formula is C20H24O4. The zero-order valence-corrected chi connectivity index (χ0v) is 14.8. The van der Waals surface area contributed by atoms with E-state index in [-0.39, 0.29) is 0 Å². The average molecular weight is 328 g/mol.